The zero-order chi connectivity index (χ0) is 13.7. The summed E-state index contributed by atoms with van der Waals surface area (Å²) in [6.07, 6.45) is 3.33. The Labute approximate surface area is 118 Å². The van der Waals surface area contributed by atoms with Gasteiger partial charge in [0.05, 0.1) is 17.2 Å². The first-order chi connectivity index (χ1) is 9.15. The van der Waals surface area contributed by atoms with Gasteiger partial charge < -0.3 is 10.4 Å². The quantitative estimate of drug-likeness (QED) is 0.883. The van der Waals surface area contributed by atoms with E-state index < -0.39 is 5.54 Å². The average molecular weight is 277 g/mol. The molecule has 0 aliphatic heterocycles. The van der Waals surface area contributed by atoms with E-state index in [1.807, 2.05) is 43.3 Å². The fraction of sp³-hybridized carbons (Fsp3) is 0.267. The maximum Gasteiger partial charge on any atom is 0.0652 e. The molecule has 1 unspecified atom stereocenters. The molecular weight excluding hydrogens is 260 g/mol. The lowest BCUT2D eigenvalue weighted by molar-refractivity contribution is 0.173. The molecule has 0 aliphatic rings. The first kappa shape index (κ1) is 14.0. The van der Waals surface area contributed by atoms with Crippen molar-refractivity contribution in [2.75, 3.05) is 6.61 Å². The van der Waals surface area contributed by atoms with Crippen LogP contribution in [0.5, 0.6) is 0 Å². The number of aliphatic hydroxyl groups is 1. The summed E-state index contributed by atoms with van der Waals surface area (Å²) >= 11 is 6.08. The van der Waals surface area contributed by atoms with Crippen molar-refractivity contribution in [2.24, 2.45) is 0 Å². The number of pyridine rings is 1. The van der Waals surface area contributed by atoms with Crippen molar-refractivity contribution in [2.45, 2.75) is 19.0 Å². The van der Waals surface area contributed by atoms with Crippen LogP contribution in [0, 0.1) is 0 Å². The number of nitrogens with one attached hydrogen (secondary N) is 1. The van der Waals surface area contributed by atoms with Crippen LogP contribution < -0.4 is 5.32 Å². The molecule has 1 heterocycles. The molecule has 3 nitrogen and oxygen atoms in total. The molecule has 0 radical (unpaired) electrons. The van der Waals surface area contributed by atoms with Crippen LogP contribution in [-0.4, -0.2) is 16.7 Å². The lowest BCUT2D eigenvalue weighted by atomic mass is 9.92. The van der Waals surface area contributed by atoms with Crippen molar-refractivity contribution in [3.8, 4) is 0 Å². The van der Waals surface area contributed by atoms with Gasteiger partial charge in [0.2, 0.25) is 0 Å². The van der Waals surface area contributed by atoms with E-state index in [-0.39, 0.29) is 6.61 Å². The lowest BCUT2D eigenvalue weighted by Gasteiger charge is -2.29. The van der Waals surface area contributed by atoms with Gasteiger partial charge in [0.25, 0.3) is 0 Å². The van der Waals surface area contributed by atoms with Crippen LogP contribution in [0.15, 0.2) is 48.8 Å². The fourth-order valence-electron chi connectivity index (χ4n) is 1.89. The van der Waals surface area contributed by atoms with E-state index in [4.69, 9.17) is 11.6 Å². The van der Waals surface area contributed by atoms with Gasteiger partial charge >= 0.3 is 0 Å². The Hall–Kier alpha value is -1.42. The summed E-state index contributed by atoms with van der Waals surface area (Å²) < 4.78 is 0. The highest BCUT2D eigenvalue weighted by atomic mass is 35.5. The van der Waals surface area contributed by atoms with E-state index in [0.717, 1.165) is 11.1 Å². The Morgan fingerprint density at radius 3 is 2.63 bits per heavy atom. The van der Waals surface area contributed by atoms with Crippen molar-refractivity contribution >= 4 is 11.6 Å². The normalized spacial score (nSPS) is 14.1. The molecule has 0 fully saturated rings. The smallest absolute Gasteiger partial charge is 0.0652 e. The van der Waals surface area contributed by atoms with Crippen LogP contribution in [0.1, 0.15) is 18.1 Å². The van der Waals surface area contributed by atoms with Crippen LogP contribution in [-0.2, 0) is 12.1 Å². The Morgan fingerprint density at radius 2 is 2.00 bits per heavy atom. The number of rotatable bonds is 5. The van der Waals surface area contributed by atoms with Crippen LogP contribution in [0.25, 0.3) is 0 Å². The van der Waals surface area contributed by atoms with Crippen LogP contribution >= 0.6 is 11.6 Å². The highest BCUT2D eigenvalue weighted by molar-refractivity contribution is 6.31. The Morgan fingerprint density at radius 1 is 1.26 bits per heavy atom. The van der Waals surface area contributed by atoms with Crippen molar-refractivity contribution < 1.29 is 5.11 Å². The van der Waals surface area contributed by atoms with Gasteiger partial charge in [-0.1, -0.05) is 41.9 Å². The van der Waals surface area contributed by atoms with Gasteiger partial charge in [0, 0.05) is 18.9 Å². The van der Waals surface area contributed by atoms with Gasteiger partial charge in [0.15, 0.2) is 0 Å². The second-order valence-corrected chi connectivity index (χ2v) is 5.08. The lowest BCUT2D eigenvalue weighted by Crippen LogP contribution is -2.42. The minimum Gasteiger partial charge on any atom is -0.394 e. The van der Waals surface area contributed by atoms with Gasteiger partial charge in [-0.2, -0.15) is 0 Å². The highest BCUT2D eigenvalue weighted by Crippen LogP contribution is 2.21. The van der Waals surface area contributed by atoms with E-state index in [0.29, 0.717) is 11.6 Å². The number of aliphatic hydroxyl groups excluding tert-OH is 1. The molecule has 19 heavy (non-hydrogen) atoms. The first-order valence-corrected chi connectivity index (χ1v) is 6.53. The first-order valence-electron chi connectivity index (χ1n) is 6.15. The molecule has 0 saturated carbocycles. The third-order valence-electron chi connectivity index (χ3n) is 3.25. The highest BCUT2D eigenvalue weighted by Gasteiger charge is 2.24. The second-order valence-electron chi connectivity index (χ2n) is 4.68. The van der Waals surface area contributed by atoms with Crippen molar-refractivity contribution in [1.29, 1.82) is 0 Å². The van der Waals surface area contributed by atoms with Crippen LogP contribution in [0.3, 0.4) is 0 Å². The zero-order valence-corrected chi connectivity index (χ0v) is 11.6. The third kappa shape index (κ3) is 3.32. The Kier molecular flexibility index (Phi) is 4.53. The molecule has 100 valence electrons. The number of hydrogen-bond acceptors (Lipinski definition) is 3. The number of hydrogen-bond donors (Lipinski definition) is 2. The standard InChI is InChI=1S/C15H17ClN2O/c1-15(11-19,13-5-3-2-4-6-13)18-9-12-7-8-17-10-14(12)16/h2-8,10,18-19H,9,11H2,1H3. The second kappa shape index (κ2) is 6.15. The number of nitrogens with zero attached hydrogens (tertiary/aromatic N) is 1. The zero-order valence-electron chi connectivity index (χ0n) is 10.8. The minimum atomic E-state index is -0.492. The van der Waals surface area contributed by atoms with Gasteiger partial charge in [-0.3, -0.25) is 4.98 Å². The van der Waals surface area contributed by atoms with Crippen molar-refractivity contribution in [3.05, 3.63) is 64.9 Å². The number of aromatic nitrogens is 1. The van der Waals surface area contributed by atoms with Gasteiger partial charge in [0.1, 0.15) is 0 Å². The fourth-order valence-corrected chi connectivity index (χ4v) is 2.08. The summed E-state index contributed by atoms with van der Waals surface area (Å²) in [5.41, 5.74) is 1.52. The minimum absolute atomic E-state index is 0.0136. The predicted molar refractivity (Wildman–Crippen MR) is 77.0 cm³/mol. The molecule has 0 saturated heterocycles. The van der Waals surface area contributed by atoms with E-state index in [1.165, 1.54) is 0 Å². The predicted octanol–water partition coefficient (Wildman–Crippen LogP) is 2.73. The molecule has 1 atom stereocenters. The summed E-state index contributed by atoms with van der Waals surface area (Å²) in [6.45, 7) is 2.56. The summed E-state index contributed by atoms with van der Waals surface area (Å²) in [5, 5.41) is 13.7. The monoisotopic (exact) mass is 276 g/mol. The van der Waals surface area contributed by atoms with E-state index in [9.17, 15) is 5.11 Å². The average Bonchev–Trinajstić information content (AvgIpc) is 2.47. The maximum absolute atomic E-state index is 9.68. The van der Waals surface area contributed by atoms with E-state index in [1.54, 1.807) is 12.4 Å². The maximum atomic E-state index is 9.68. The molecule has 0 spiro atoms. The molecule has 1 aromatic carbocycles. The topological polar surface area (TPSA) is 45.1 Å². The SMILES string of the molecule is CC(CO)(NCc1ccncc1Cl)c1ccccc1. The molecule has 4 heteroatoms. The molecule has 2 rings (SSSR count). The summed E-state index contributed by atoms with van der Waals surface area (Å²) in [6, 6.07) is 11.8. The van der Waals surface area contributed by atoms with Crippen LogP contribution in [0.4, 0.5) is 0 Å². The van der Waals surface area contributed by atoms with Gasteiger partial charge in [-0.15, -0.1) is 0 Å². The largest absolute Gasteiger partial charge is 0.394 e. The summed E-state index contributed by atoms with van der Waals surface area (Å²) in [4.78, 5) is 3.96. The molecule has 1 aromatic heterocycles. The molecule has 0 amide bonds. The van der Waals surface area contributed by atoms with Crippen molar-refractivity contribution in [3.63, 3.8) is 0 Å². The summed E-state index contributed by atoms with van der Waals surface area (Å²) in [7, 11) is 0. The Balaban J connectivity index is 2.14. The van der Waals surface area contributed by atoms with Crippen molar-refractivity contribution in [1.82, 2.24) is 10.3 Å². The molecular formula is C15H17ClN2O. The van der Waals surface area contributed by atoms with Gasteiger partial charge in [-0.05, 0) is 24.1 Å². The van der Waals surface area contributed by atoms with Gasteiger partial charge in [-0.25, -0.2) is 0 Å². The van der Waals surface area contributed by atoms with E-state index >= 15 is 0 Å². The molecule has 0 bridgehead atoms. The molecule has 2 N–H and O–H groups in total. The third-order valence-corrected chi connectivity index (χ3v) is 3.59. The van der Waals surface area contributed by atoms with Crippen LogP contribution in [0.2, 0.25) is 5.02 Å². The Bertz CT molecular complexity index is 533. The number of halogens is 1. The van der Waals surface area contributed by atoms with E-state index in [2.05, 4.69) is 10.3 Å². The molecule has 2 aromatic rings. The number of benzene rings is 1. The summed E-state index contributed by atoms with van der Waals surface area (Å²) in [5.74, 6) is 0. The molecule has 0 aliphatic carbocycles.